The first-order chi connectivity index (χ1) is 9.08. The van der Waals surface area contributed by atoms with E-state index in [0.717, 1.165) is 0 Å². The van der Waals surface area contributed by atoms with Crippen molar-refractivity contribution in [1.82, 2.24) is 0 Å². The maximum atomic E-state index is 12.1. The fourth-order valence-electron chi connectivity index (χ4n) is 1.59. The summed E-state index contributed by atoms with van der Waals surface area (Å²) < 4.78 is 10.0. The van der Waals surface area contributed by atoms with Gasteiger partial charge < -0.3 is 9.47 Å². The van der Waals surface area contributed by atoms with Gasteiger partial charge in [-0.05, 0) is 27.2 Å². The van der Waals surface area contributed by atoms with Gasteiger partial charge in [0.05, 0.1) is 13.2 Å². The van der Waals surface area contributed by atoms with E-state index in [1.807, 2.05) is 6.08 Å². The number of halogens is 1. The lowest BCUT2D eigenvalue weighted by molar-refractivity contribution is -0.167. The molecule has 5 heteroatoms. The van der Waals surface area contributed by atoms with Gasteiger partial charge in [-0.3, -0.25) is 9.59 Å². The molecule has 0 heterocycles. The molecule has 0 amide bonds. The number of esters is 2. The van der Waals surface area contributed by atoms with Crippen LogP contribution < -0.4 is 0 Å². The second-order valence-electron chi connectivity index (χ2n) is 3.74. The van der Waals surface area contributed by atoms with Crippen molar-refractivity contribution in [2.24, 2.45) is 5.41 Å². The highest BCUT2D eigenvalue weighted by Crippen LogP contribution is 2.29. The largest absolute Gasteiger partial charge is 0.465 e. The third-order valence-electron chi connectivity index (χ3n) is 2.43. The fraction of sp³-hybridized carbons (Fsp3) is 0.571. The van der Waals surface area contributed by atoms with E-state index in [-0.39, 0.29) is 19.6 Å². The Morgan fingerprint density at radius 3 is 2.00 bits per heavy atom. The summed E-state index contributed by atoms with van der Waals surface area (Å²) in [5.74, 6) is -1.16. The van der Waals surface area contributed by atoms with Crippen LogP contribution in [0.1, 0.15) is 27.2 Å². The van der Waals surface area contributed by atoms with Crippen molar-refractivity contribution >= 4 is 27.9 Å². The Hall–Kier alpha value is -1.10. The number of ether oxygens (including phenoxy) is 2. The number of carbonyl (C=O) groups excluding carboxylic acids is 2. The Balaban J connectivity index is 5.38. The topological polar surface area (TPSA) is 52.6 Å². The van der Waals surface area contributed by atoms with Gasteiger partial charge in [-0.2, -0.15) is 0 Å². The highest BCUT2D eigenvalue weighted by atomic mass is 79.9. The van der Waals surface area contributed by atoms with Gasteiger partial charge in [0.25, 0.3) is 0 Å². The average Bonchev–Trinajstić information content (AvgIpc) is 2.38. The summed E-state index contributed by atoms with van der Waals surface area (Å²) in [6.07, 6.45) is 7.03. The van der Waals surface area contributed by atoms with Crippen LogP contribution in [0.4, 0.5) is 0 Å². The molecule has 0 aromatic heterocycles. The van der Waals surface area contributed by atoms with Crippen LogP contribution in [0, 0.1) is 5.41 Å². The Morgan fingerprint density at radius 1 is 1.11 bits per heavy atom. The van der Waals surface area contributed by atoms with Crippen LogP contribution in [0.2, 0.25) is 0 Å². The number of alkyl halides is 1. The quantitative estimate of drug-likeness (QED) is 0.297. The molecule has 0 aromatic carbocycles. The molecular weight excluding hydrogens is 312 g/mol. The predicted octanol–water partition coefficient (Wildman–Crippen LogP) is 3.02. The first-order valence-electron chi connectivity index (χ1n) is 6.28. The molecule has 0 bridgehead atoms. The van der Waals surface area contributed by atoms with Crippen LogP contribution in [0.25, 0.3) is 0 Å². The summed E-state index contributed by atoms with van der Waals surface area (Å²) in [6.45, 7) is 5.61. The second-order valence-corrected chi connectivity index (χ2v) is 4.39. The highest BCUT2D eigenvalue weighted by molar-refractivity contribution is 9.09. The van der Waals surface area contributed by atoms with Gasteiger partial charge in [-0.1, -0.05) is 40.2 Å². The molecule has 0 aliphatic carbocycles. The molecule has 0 aromatic rings. The van der Waals surface area contributed by atoms with Gasteiger partial charge in [0.1, 0.15) is 0 Å². The van der Waals surface area contributed by atoms with E-state index < -0.39 is 17.4 Å². The zero-order valence-corrected chi connectivity index (χ0v) is 13.2. The summed E-state index contributed by atoms with van der Waals surface area (Å²) in [5, 5.41) is 0.657. The van der Waals surface area contributed by atoms with Gasteiger partial charge >= 0.3 is 11.9 Å². The number of hydrogen-bond donors (Lipinski definition) is 0. The number of hydrogen-bond acceptors (Lipinski definition) is 4. The summed E-state index contributed by atoms with van der Waals surface area (Å²) >= 11 is 3.25. The van der Waals surface area contributed by atoms with E-state index in [2.05, 4.69) is 15.9 Å². The molecule has 0 aliphatic heterocycles. The standard InChI is InChI=1S/C14H21BrO4/c1-4-9-14(10-7-8-11-15,12(16)18-5-2)13(17)19-6-3/h4,7-9H,5-6,10-11H2,1-3H3. The van der Waals surface area contributed by atoms with E-state index in [9.17, 15) is 9.59 Å². The summed E-state index contributed by atoms with van der Waals surface area (Å²) in [6, 6.07) is 0. The second kappa shape index (κ2) is 9.78. The summed E-state index contributed by atoms with van der Waals surface area (Å²) in [4.78, 5) is 24.3. The highest BCUT2D eigenvalue weighted by Gasteiger charge is 2.45. The Labute approximate surface area is 123 Å². The normalized spacial score (nSPS) is 12.0. The molecule has 0 aliphatic rings. The minimum atomic E-state index is -1.39. The van der Waals surface area contributed by atoms with Crippen molar-refractivity contribution in [2.75, 3.05) is 18.5 Å². The minimum absolute atomic E-state index is 0.222. The van der Waals surface area contributed by atoms with Crippen LogP contribution in [0.3, 0.4) is 0 Å². The molecule has 108 valence electrons. The molecule has 4 nitrogen and oxygen atoms in total. The van der Waals surface area contributed by atoms with Gasteiger partial charge in [0, 0.05) is 5.33 Å². The van der Waals surface area contributed by atoms with Crippen molar-refractivity contribution in [1.29, 1.82) is 0 Å². The minimum Gasteiger partial charge on any atom is -0.465 e. The molecule has 0 rings (SSSR count). The summed E-state index contributed by atoms with van der Waals surface area (Å²) in [5.41, 5.74) is -1.39. The number of allylic oxidation sites excluding steroid dienone is 3. The fourth-order valence-corrected chi connectivity index (χ4v) is 1.85. The van der Waals surface area contributed by atoms with E-state index in [0.29, 0.717) is 5.33 Å². The summed E-state index contributed by atoms with van der Waals surface area (Å²) in [7, 11) is 0. The monoisotopic (exact) mass is 332 g/mol. The smallest absolute Gasteiger partial charge is 0.327 e. The van der Waals surface area contributed by atoms with Crippen molar-refractivity contribution < 1.29 is 19.1 Å². The van der Waals surface area contributed by atoms with Crippen LogP contribution >= 0.6 is 15.9 Å². The Bertz CT molecular complexity index is 329. The van der Waals surface area contributed by atoms with Crippen LogP contribution in [0.5, 0.6) is 0 Å². The SMILES string of the molecule is CC=CC(CC=CCBr)(C(=O)OCC)C(=O)OCC. The molecule has 19 heavy (non-hydrogen) atoms. The first kappa shape index (κ1) is 17.9. The number of rotatable bonds is 8. The average molecular weight is 333 g/mol. The lowest BCUT2D eigenvalue weighted by atomic mass is 9.83. The molecular formula is C14H21BrO4. The van der Waals surface area contributed by atoms with Crippen LogP contribution in [-0.4, -0.2) is 30.5 Å². The van der Waals surface area contributed by atoms with Crippen LogP contribution in [-0.2, 0) is 19.1 Å². The van der Waals surface area contributed by atoms with E-state index in [1.165, 1.54) is 0 Å². The van der Waals surface area contributed by atoms with Gasteiger partial charge in [0.15, 0.2) is 5.41 Å². The molecule has 0 radical (unpaired) electrons. The van der Waals surface area contributed by atoms with Crippen molar-refractivity contribution in [3.8, 4) is 0 Å². The van der Waals surface area contributed by atoms with E-state index in [4.69, 9.17) is 9.47 Å². The Morgan fingerprint density at radius 2 is 1.63 bits per heavy atom. The third-order valence-corrected chi connectivity index (χ3v) is 2.80. The Kier molecular flexibility index (Phi) is 9.21. The van der Waals surface area contributed by atoms with Crippen molar-refractivity contribution in [2.45, 2.75) is 27.2 Å². The molecule has 0 atom stereocenters. The lowest BCUT2D eigenvalue weighted by Gasteiger charge is -2.24. The number of carbonyl (C=O) groups is 2. The molecule has 0 fully saturated rings. The maximum Gasteiger partial charge on any atom is 0.327 e. The maximum absolute atomic E-state index is 12.1. The molecule has 0 saturated carbocycles. The molecule has 0 saturated heterocycles. The van der Waals surface area contributed by atoms with Gasteiger partial charge in [0.2, 0.25) is 0 Å². The zero-order valence-electron chi connectivity index (χ0n) is 11.6. The predicted molar refractivity (Wildman–Crippen MR) is 78.1 cm³/mol. The van der Waals surface area contributed by atoms with E-state index >= 15 is 0 Å². The van der Waals surface area contributed by atoms with Gasteiger partial charge in [-0.25, -0.2) is 0 Å². The van der Waals surface area contributed by atoms with E-state index in [1.54, 1.807) is 39.0 Å². The first-order valence-corrected chi connectivity index (χ1v) is 7.40. The zero-order chi connectivity index (χ0) is 14.7. The van der Waals surface area contributed by atoms with Crippen molar-refractivity contribution in [3.05, 3.63) is 24.3 Å². The van der Waals surface area contributed by atoms with Gasteiger partial charge in [-0.15, -0.1) is 0 Å². The van der Waals surface area contributed by atoms with Crippen molar-refractivity contribution in [3.63, 3.8) is 0 Å². The third kappa shape index (κ3) is 5.19. The molecule has 0 unspecified atom stereocenters. The lowest BCUT2D eigenvalue weighted by Crippen LogP contribution is -2.40. The molecule has 0 N–H and O–H groups in total. The van der Waals surface area contributed by atoms with Crippen LogP contribution in [0.15, 0.2) is 24.3 Å². The molecule has 0 spiro atoms.